The van der Waals surface area contributed by atoms with Gasteiger partial charge in [0.1, 0.15) is 5.82 Å². The van der Waals surface area contributed by atoms with E-state index in [4.69, 9.17) is 0 Å². The molecule has 0 saturated heterocycles. The zero-order chi connectivity index (χ0) is 15.5. The molecule has 0 spiro atoms. The molecule has 21 heavy (non-hydrogen) atoms. The summed E-state index contributed by atoms with van der Waals surface area (Å²) in [7, 11) is 4.12. The number of hydrogen-bond acceptors (Lipinski definition) is 3. The molecule has 0 bridgehead atoms. The highest BCUT2D eigenvalue weighted by atomic mass is 15.2. The monoisotopic (exact) mass is 286 g/mol. The number of anilines is 1. The molecule has 0 fully saturated rings. The molecule has 0 radical (unpaired) electrons. The van der Waals surface area contributed by atoms with Gasteiger partial charge in [0.2, 0.25) is 0 Å². The van der Waals surface area contributed by atoms with Crippen molar-refractivity contribution in [3.8, 4) is 0 Å². The SMILES string of the molecule is CN(Cc1nccn1C)c1ccc(CNC(C)(C)C)cc1. The van der Waals surface area contributed by atoms with Crippen LogP contribution in [0, 0.1) is 0 Å². The molecule has 1 heterocycles. The summed E-state index contributed by atoms with van der Waals surface area (Å²) in [6, 6.07) is 8.71. The van der Waals surface area contributed by atoms with Gasteiger partial charge >= 0.3 is 0 Å². The lowest BCUT2D eigenvalue weighted by Crippen LogP contribution is -2.35. The van der Waals surface area contributed by atoms with Crippen LogP contribution in [0.1, 0.15) is 32.2 Å². The summed E-state index contributed by atoms with van der Waals surface area (Å²) < 4.78 is 2.05. The predicted octanol–water partition coefficient (Wildman–Crippen LogP) is 2.94. The van der Waals surface area contributed by atoms with Crippen molar-refractivity contribution in [3.05, 3.63) is 48.0 Å². The van der Waals surface area contributed by atoms with E-state index in [1.807, 2.05) is 19.4 Å². The maximum absolute atomic E-state index is 4.37. The van der Waals surface area contributed by atoms with Crippen LogP contribution in [0.15, 0.2) is 36.7 Å². The van der Waals surface area contributed by atoms with Crippen LogP contribution >= 0.6 is 0 Å². The predicted molar refractivity (Wildman–Crippen MR) is 88.3 cm³/mol. The minimum absolute atomic E-state index is 0.146. The summed E-state index contributed by atoms with van der Waals surface area (Å²) in [6.45, 7) is 8.25. The molecule has 0 aliphatic heterocycles. The molecule has 1 aromatic carbocycles. The lowest BCUT2D eigenvalue weighted by atomic mass is 10.1. The van der Waals surface area contributed by atoms with Gasteiger partial charge in [0, 0.05) is 44.3 Å². The maximum Gasteiger partial charge on any atom is 0.127 e. The molecular formula is C17H26N4. The summed E-state index contributed by atoms with van der Waals surface area (Å²) in [5.74, 6) is 1.07. The second-order valence-corrected chi connectivity index (χ2v) is 6.58. The van der Waals surface area contributed by atoms with E-state index in [1.165, 1.54) is 11.3 Å². The quantitative estimate of drug-likeness (QED) is 0.917. The van der Waals surface area contributed by atoms with Crippen LogP contribution < -0.4 is 10.2 Å². The fraction of sp³-hybridized carbons (Fsp3) is 0.471. The fourth-order valence-corrected chi connectivity index (χ4v) is 2.09. The Morgan fingerprint density at radius 1 is 1.19 bits per heavy atom. The van der Waals surface area contributed by atoms with E-state index in [2.05, 4.69) is 71.9 Å². The number of aryl methyl sites for hydroxylation is 1. The Labute approximate surface area is 127 Å². The molecule has 0 aliphatic rings. The van der Waals surface area contributed by atoms with E-state index >= 15 is 0 Å². The molecule has 0 amide bonds. The Bertz CT molecular complexity index is 563. The molecule has 2 aromatic rings. The van der Waals surface area contributed by atoms with Crippen molar-refractivity contribution in [2.75, 3.05) is 11.9 Å². The van der Waals surface area contributed by atoms with Gasteiger partial charge in [0.25, 0.3) is 0 Å². The van der Waals surface area contributed by atoms with Gasteiger partial charge in [0.15, 0.2) is 0 Å². The topological polar surface area (TPSA) is 33.1 Å². The summed E-state index contributed by atoms with van der Waals surface area (Å²) in [6.07, 6.45) is 3.81. The molecular weight excluding hydrogens is 260 g/mol. The van der Waals surface area contributed by atoms with Crippen LogP contribution in [0.2, 0.25) is 0 Å². The van der Waals surface area contributed by atoms with E-state index in [0.29, 0.717) is 0 Å². The van der Waals surface area contributed by atoms with Gasteiger partial charge in [-0.05, 0) is 38.5 Å². The van der Waals surface area contributed by atoms with Gasteiger partial charge in [-0.1, -0.05) is 12.1 Å². The smallest absolute Gasteiger partial charge is 0.127 e. The Kier molecular flexibility index (Phi) is 4.68. The van der Waals surface area contributed by atoms with Gasteiger partial charge < -0.3 is 14.8 Å². The van der Waals surface area contributed by atoms with Gasteiger partial charge in [0.05, 0.1) is 6.54 Å². The molecule has 2 rings (SSSR count). The second kappa shape index (κ2) is 6.31. The largest absolute Gasteiger partial charge is 0.367 e. The van der Waals surface area contributed by atoms with Crippen molar-refractivity contribution in [2.45, 2.75) is 39.4 Å². The van der Waals surface area contributed by atoms with E-state index in [9.17, 15) is 0 Å². The van der Waals surface area contributed by atoms with E-state index in [1.54, 1.807) is 0 Å². The normalized spacial score (nSPS) is 11.7. The third-order valence-electron chi connectivity index (χ3n) is 3.50. The average Bonchev–Trinajstić information content (AvgIpc) is 2.82. The van der Waals surface area contributed by atoms with Crippen molar-refractivity contribution in [1.82, 2.24) is 14.9 Å². The van der Waals surface area contributed by atoms with Crippen LogP contribution in [0.4, 0.5) is 5.69 Å². The van der Waals surface area contributed by atoms with Crippen LogP contribution in [-0.4, -0.2) is 22.1 Å². The molecule has 114 valence electrons. The third-order valence-corrected chi connectivity index (χ3v) is 3.50. The van der Waals surface area contributed by atoms with Crippen LogP contribution in [-0.2, 0) is 20.1 Å². The number of benzene rings is 1. The third kappa shape index (κ3) is 4.60. The van der Waals surface area contributed by atoms with Crippen molar-refractivity contribution >= 4 is 5.69 Å². The highest BCUT2D eigenvalue weighted by Crippen LogP contribution is 2.16. The van der Waals surface area contributed by atoms with Crippen molar-refractivity contribution in [1.29, 1.82) is 0 Å². The van der Waals surface area contributed by atoms with E-state index < -0.39 is 0 Å². The lowest BCUT2D eigenvalue weighted by molar-refractivity contribution is 0.424. The van der Waals surface area contributed by atoms with Crippen molar-refractivity contribution in [3.63, 3.8) is 0 Å². The summed E-state index contributed by atoms with van der Waals surface area (Å²) >= 11 is 0. The number of hydrogen-bond donors (Lipinski definition) is 1. The van der Waals surface area contributed by atoms with Crippen LogP contribution in [0.3, 0.4) is 0 Å². The zero-order valence-electron chi connectivity index (χ0n) is 13.7. The number of imidazole rings is 1. The first-order valence-electron chi connectivity index (χ1n) is 7.36. The van der Waals surface area contributed by atoms with Crippen molar-refractivity contribution in [2.24, 2.45) is 7.05 Å². The Hall–Kier alpha value is -1.81. The first kappa shape index (κ1) is 15.6. The van der Waals surface area contributed by atoms with Crippen LogP contribution in [0.5, 0.6) is 0 Å². The van der Waals surface area contributed by atoms with Gasteiger partial charge in [-0.25, -0.2) is 4.98 Å². The number of aromatic nitrogens is 2. The standard InChI is InChI=1S/C17H26N4/c1-17(2,3)19-12-14-6-8-15(9-7-14)21(5)13-16-18-10-11-20(16)4/h6-11,19H,12-13H2,1-5H3. The molecule has 0 unspecified atom stereocenters. The first-order chi connectivity index (χ1) is 9.85. The summed E-state index contributed by atoms with van der Waals surface area (Å²) in [5, 5.41) is 3.50. The van der Waals surface area contributed by atoms with Crippen molar-refractivity contribution < 1.29 is 0 Å². The number of rotatable bonds is 5. The van der Waals surface area contributed by atoms with Crippen LogP contribution in [0.25, 0.3) is 0 Å². The molecule has 0 aliphatic carbocycles. The number of nitrogens with one attached hydrogen (secondary N) is 1. The van der Waals surface area contributed by atoms with Gasteiger partial charge in [-0.2, -0.15) is 0 Å². The number of nitrogens with zero attached hydrogens (tertiary/aromatic N) is 3. The Balaban J connectivity index is 1.96. The molecule has 1 aromatic heterocycles. The average molecular weight is 286 g/mol. The fourth-order valence-electron chi connectivity index (χ4n) is 2.09. The van der Waals surface area contributed by atoms with E-state index in [-0.39, 0.29) is 5.54 Å². The molecule has 4 heteroatoms. The minimum Gasteiger partial charge on any atom is -0.367 e. The maximum atomic E-state index is 4.37. The summed E-state index contributed by atoms with van der Waals surface area (Å²) in [4.78, 5) is 6.58. The Morgan fingerprint density at radius 3 is 2.38 bits per heavy atom. The second-order valence-electron chi connectivity index (χ2n) is 6.58. The first-order valence-corrected chi connectivity index (χ1v) is 7.36. The highest BCUT2D eigenvalue weighted by Gasteiger charge is 2.09. The van der Waals surface area contributed by atoms with Gasteiger partial charge in [-0.3, -0.25) is 0 Å². The molecule has 0 saturated carbocycles. The highest BCUT2D eigenvalue weighted by molar-refractivity contribution is 5.46. The molecule has 0 atom stereocenters. The molecule has 4 nitrogen and oxygen atoms in total. The van der Waals surface area contributed by atoms with E-state index in [0.717, 1.165) is 18.9 Å². The lowest BCUT2D eigenvalue weighted by Gasteiger charge is -2.22. The Morgan fingerprint density at radius 2 is 1.86 bits per heavy atom. The minimum atomic E-state index is 0.146. The molecule has 1 N–H and O–H groups in total. The summed E-state index contributed by atoms with van der Waals surface area (Å²) in [5.41, 5.74) is 2.66. The zero-order valence-corrected chi connectivity index (χ0v) is 13.7. The van der Waals surface area contributed by atoms with Gasteiger partial charge in [-0.15, -0.1) is 0 Å².